The van der Waals surface area contributed by atoms with Gasteiger partial charge in [-0.1, -0.05) is 200 Å². The smallest absolute Gasteiger partial charge is 0.0349 e. The van der Waals surface area contributed by atoms with Gasteiger partial charge in [-0.2, -0.15) is 0 Å². The van der Waals surface area contributed by atoms with Gasteiger partial charge in [-0.3, -0.25) is 0 Å². The van der Waals surface area contributed by atoms with Crippen molar-refractivity contribution in [2.24, 2.45) is 0 Å². The van der Waals surface area contributed by atoms with E-state index in [1.165, 1.54) is 119 Å². The zero-order valence-electron chi connectivity index (χ0n) is 33.3. The fourth-order valence-corrected chi connectivity index (χ4v) is 10.7. The lowest BCUT2D eigenvalue weighted by atomic mass is 9.84. The van der Waals surface area contributed by atoms with Crippen LogP contribution in [0, 0.1) is 0 Å². The second kappa shape index (κ2) is 14.6. The molecule has 61 heavy (non-hydrogen) atoms. The van der Waals surface area contributed by atoms with Crippen molar-refractivity contribution in [3.63, 3.8) is 0 Å². The van der Waals surface area contributed by atoms with Gasteiger partial charge in [-0.15, -0.1) is 11.3 Å². The van der Waals surface area contributed by atoms with Gasteiger partial charge in [0.1, 0.15) is 0 Å². The van der Waals surface area contributed by atoms with Crippen LogP contribution in [-0.4, -0.2) is 0 Å². The van der Waals surface area contributed by atoms with E-state index in [1.54, 1.807) is 0 Å². The molecule has 0 saturated heterocycles. The van der Waals surface area contributed by atoms with E-state index in [2.05, 4.69) is 231 Å². The normalized spacial score (nSPS) is 11.6. The topological polar surface area (TPSA) is 0 Å². The van der Waals surface area contributed by atoms with E-state index in [4.69, 9.17) is 0 Å². The molecule has 0 aliphatic heterocycles. The van der Waals surface area contributed by atoms with E-state index >= 15 is 0 Å². The Morgan fingerprint density at radius 3 is 0.934 bits per heavy atom. The van der Waals surface area contributed by atoms with Crippen molar-refractivity contribution in [3.8, 4) is 65.4 Å². The van der Waals surface area contributed by atoms with Crippen LogP contribution in [0.5, 0.6) is 0 Å². The van der Waals surface area contributed by atoms with E-state index in [0.717, 1.165) is 0 Å². The van der Waals surface area contributed by atoms with Crippen molar-refractivity contribution in [1.82, 2.24) is 0 Å². The molecule has 0 spiro atoms. The van der Waals surface area contributed by atoms with Gasteiger partial charge in [0.2, 0.25) is 0 Å². The second-order valence-electron chi connectivity index (χ2n) is 15.9. The summed E-state index contributed by atoms with van der Waals surface area (Å²) in [5.74, 6) is 0. The maximum atomic E-state index is 2.39. The fourth-order valence-electron chi connectivity index (χ4n) is 9.74. The third-order valence-corrected chi connectivity index (χ3v) is 13.6. The van der Waals surface area contributed by atoms with Gasteiger partial charge in [-0.05, 0) is 140 Å². The minimum atomic E-state index is 1.23. The maximum Gasteiger partial charge on any atom is 0.0349 e. The van der Waals surface area contributed by atoms with Crippen molar-refractivity contribution >= 4 is 65.2 Å². The standard InChI is InChI=1S/C60H38S/c1-3-16-39(17-4-1)55-34-35-56(61-55)43-20-15-21-44(38-43)58-51-26-11-13-28-53(51)60(54-29-14-12-27-52(54)58)46-33-31-41-36-45(32-30-42(41)37-46)59-49-24-9-7-22-47(49)57(40-18-5-2-6-19-40)48-23-8-10-25-50(48)59/h1-38H. The minimum Gasteiger partial charge on any atom is -0.135 e. The summed E-state index contributed by atoms with van der Waals surface area (Å²) in [6.45, 7) is 0. The summed E-state index contributed by atoms with van der Waals surface area (Å²) >= 11 is 1.85. The highest BCUT2D eigenvalue weighted by atomic mass is 32.1. The third kappa shape index (κ3) is 5.97. The van der Waals surface area contributed by atoms with Crippen LogP contribution in [0.2, 0.25) is 0 Å². The Hall–Kier alpha value is -7.58. The maximum absolute atomic E-state index is 2.39. The number of rotatable bonds is 6. The largest absolute Gasteiger partial charge is 0.135 e. The summed E-state index contributed by atoms with van der Waals surface area (Å²) < 4.78 is 0. The number of fused-ring (bicyclic) bond motifs is 5. The van der Waals surface area contributed by atoms with Crippen LogP contribution in [0.15, 0.2) is 231 Å². The van der Waals surface area contributed by atoms with Crippen molar-refractivity contribution in [2.45, 2.75) is 0 Å². The summed E-state index contributed by atoms with van der Waals surface area (Å²) in [6.07, 6.45) is 0. The first-order valence-electron chi connectivity index (χ1n) is 21.0. The van der Waals surface area contributed by atoms with Crippen molar-refractivity contribution in [1.29, 1.82) is 0 Å². The van der Waals surface area contributed by atoms with E-state index in [1.807, 2.05) is 11.3 Å². The van der Waals surface area contributed by atoms with Gasteiger partial charge in [0, 0.05) is 9.75 Å². The second-order valence-corrected chi connectivity index (χ2v) is 17.0. The molecule has 0 bridgehead atoms. The Balaban J connectivity index is 0.994. The summed E-state index contributed by atoms with van der Waals surface area (Å²) in [5, 5.41) is 12.6. The van der Waals surface area contributed by atoms with Crippen LogP contribution in [-0.2, 0) is 0 Å². The van der Waals surface area contributed by atoms with Gasteiger partial charge in [0.05, 0.1) is 0 Å². The van der Waals surface area contributed by atoms with E-state index in [9.17, 15) is 0 Å². The molecule has 0 N–H and O–H groups in total. The average Bonchev–Trinajstić information content (AvgIpc) is 3.84. The van der Waals surface area contributed by atoms with Crippen LogP contribution in [0.3, 0.4) is 0 Å². The Labute approximate surface area is 359 Å². The Bertz CT molecular complexity index is 3520. The minimum absolute atomic E-state index is 1.23. The van der Waals surface area contributed by atoms with Crippen LogP contribution in [0.25, 0.3) is 119 Å². The highest BCUT2D eigenvalue weighted by Crippen LogP contribution is 2.47. The number of benzene rings is 11. The van der Waals surface area contributed by atoms with Crippen molar-refractivity contribution < 1.29 is 0 Å². The van der Waals surface area contributed by atoms with Crippen molar-refractivity contribution in [3.05, 3.63) is 231 Å². The molecule has 284 valence electrons. The lowest BCUT2D eigenvalue weighted by Crippen LogP contribution is -1.92. The van der Waals surface area contributed by atoms with Gasteiger partial charge in [0.25, 0.3) is 0 Å². The Kier molecular flexibility index (Phi) is 8.47. The molecule has 0 saturated carbocycles. The van der Waals surface area contributed by atoms with E-state index < -0.39 is 0 Å². The van der Waals surface area contributed by atoms with Gasteiger partial charge < -0.3 is 0 Å². The van der Waals surface area contributed by atoms with Crippen LogP contribution in [0.1, 0.15) is 0 Å². The molecule has 0 aliphatic carbocycles. The van der Waals surface area contributed by atoms with Gasteiger partial charge in [0.15, 0.2) is 0 Å². The molecule has 0 fully saturated rings. The molecule has 1 aromatic heterocycles. The number of hydrogen-bond acceptors (Lipinski definition) is 1. The quantitative estimate of drug-likeness (QED) is 0.147. The first-order chi connectivity index (χ1) is 30.3. The lowest BCUT2D eigenvalue weighted by molar-refractivity contribution is 1.65. The fraction of sp³-hybridized carbons (Fsp3) is 0. The Morgan fingerprint density at radius 2 is 0.508 bits per heavy atom. The predicted octanol–water partition coefficient (Wildman–Crippen LogP) is 17.5. The number of hydrogen-bond donors (Lipinski definition) is 0. The van der Waals surface area contributed by atoms with Gasteiger partial charge in [-0.25, -0.2) is 0 Å². The Morgan fingerprint density at radius 1 is 0.197 bits per heavy atom. The molecule has 0 unspecified atom stereocenters. The zero-order valence-corrected chi connectivity index (χ0v) is 34.2. The summed E-state index contributed by atoms with van der Waals surface area (Å²) in [7, 11) is 0. The average molecular weight is 791 g/mol. The summed E-state index contributed by atoms with van der Waals surface area (Å²) in [4.78, 5) is 2.56. The molecule has 0 radical (unpaired) electrons. The molecular formula is C60H38S. The summed E-state index contributed by atoms with van der Waals surface area (Å²) in [6, 6.07) is 85.0. The lowest BCUT2D eigenvalue weighted by Gasteiger charge is -2.19. The molecule has 1 heteroatoms. The number of thiophene rings is 1. The third-order valence-electron chi connectivity index (χ3n) is 12.4. The molecule has 0 nitrogen and oxygen atoms in total. The van der Waals surface area contributed by atoms with E-state index in [0.29, 0.717) is 0 Å². The molecule has 0 amide bonds. The SMILES string of the molecule is c1ccc(-c2ccc(-c3cccc(-c4c5ccccc5c(-c5ccc6cc(-c7c8ccccc8c(-c8ccccc8)c8ccccc78)ccc6c5)c5ccccc45)c3)s2)cc1. The zero-order chi connectivity index (χ0) is 40.3. The monoisotopic (exact) mass is 790 g/mol. The highest BCUT2D eigenvalue weighted by molar-refractivity contribution is 7.18. The molecule has 11 aromatic carbocycles. The molecular weight excluding hydrogens is 753 g/mol. The van der Waals surface area contributed by atoms with Crippen molar-refractivity contribution in [2.75, 3.05) is 0 Å². The molecule has 0 atom stereocenters. The van der Waals surface area contributed by atoms with Gasteiger partial charge >= 0.3 is 0 Å². The summed E-state index contributed by atoms with van der Waals surface area (Å²) in [5.41, 5.74) is 12.5. The predicted molar refractivity (Wildman–Crippen MR) is 264 cm³/mol. The molecule has 12 rings (SSSR count). The van der Waals surface area contributed by atoms with E-state index in [-0.39, 0.29) is 0 Å². The van der Waals surface area contributed by atoms with Crippen LogP contribution in [0.4, 0.5) is 0 Å². The van der Waals surface area contributed by atoms with Crippen LogP contribution >= 0.6 is 11.3 Å². The molecule has 0 aliphatic rings. The first kappa shape index (κ1) is 35.4. The molecule has 1 heterocycles. The highest BCUT2D eigenvalue weighted by Gasteiger charge is 2.19. The molecule has 12 aromatic rings. The van der Waals surface area contributed by atoms with Crippen LogP contribution < -0.4 is 0 Å². The first-order valence-corrected chi connectivity index (χ1v) is 21.8.